The highest BCUT2D eigenvalue weighted by Gasteiger charge is 1.95. The van der Waals surface area contributed by atoms with E-state index in [0.717, 1.165) is 32.6 Å². The van der Waals surface area contributed by atoms with Gasteiger partial charge in [-0.05, 0) is 37.6 Å². The van der Waals surface area contributed by atoms with Crippen molar-refractivity contribution in [1.82, 2.24) is 19.7 Å². The number of hydrogen-bond acceptors (Lipinski definition) is 2. The Hall–Kier alpha value is -1.55. The molecule has 0 saturated carbocycles. The number of hydrogen-bond donors (Lipinski definition) is 1. The second kappa shape index (κ2) is 6.25. The first kappa shape index (κ1) is 11.9. The number of aromatic nitrogens is 3. The predicted molar refractivity (Wildman–Crippen MR) is 68.7 cm³/mol. The molecule has 0 bridgehead atoms. The van der Waals surface area contributed by atoms with E-state index in [1.807, 2.05) is 23.1 Å². The monoisotopic (exact) mass is 232 g/mol. The Morgan fingerprint density at radius 2 is 2.29 bits per heavy atom. The van der Waals surface area contributed by atoms with E-state index in [1.54, 1.807) is 0 Å². The zero-order valence-electron chi connectivity index (χ0n) is 10.3. The van der Waals surface area contributed by atoms with E-state index in [4.69, 9.17) is 0 Å². The molecule has 0 saturated heterocycles. The van der Waals surface area contributed by atoms with Crippen LogP contribution in [0.15, 0.2) is 36.9 Å². The lowest BCUT2D eigenvalue weighted by atomic mass is 10.3. The molecule has 0 unspecified atom stereocenters. The van der Waals surface area contributed by atoms with Gasteiger partial charge in [0.2, 0.25) is 0 Å². The summed E-state index contributed by atoms with van der Waals surface area (Å²) >= 11 is 0. The molecule has 2 aromatic heterocycles. The average Bonchev–Trinajstić information content (AvgIpc) is 2.99. The maximum atomic E-state index is 4.17. The molecule has 0 aliphatic heterocycles. The molecule has 0 spiro atoms. The number of aryl methyl sites for hydroxylation is 2. The van der Waals surface area contributed by atoms with Gasteiger partial charge in [-0.15, -0.1) is 0 Å². The average molecular weight is 232 g/mol. The summed E-state index contributed by atoms with van der Waals surface area (Å²) < 4.78 is 4.16. The van der Waals surface area contributed by atoms with Gasteiger partial charge < -0.3 is 9.88 Å². The first-order chi connectivity index (χ1) is 8.38. The summed E-state index contributed by atoms with van der Waals surface area (Å²) in [6.45, 7) is 6.15. The summed E-state index contributed by atoms with van der Waals surface area (Å²) in [7, 11) is 0. The molecule has 0 fully saturated rings. The molecule has 0 aliphatic carbocycles. The van der Waals surface area contributed by atoms with E-state index in [0.29, 0.717) is 0 Å². The van der Waals surface area contributed by atoms with Crippen molar-refractivity contribution in [3.63, 3.8) is 0 Å². The normalized spacial score (nSPS) is 10.9. The van der Waals surface area contributed by atoms with Crippen LogP contribution in [0.1, 0.15) is 18.9 Å². The minimum absolute atomic E-state index is 0.951. The molecule has 4 nitrogen and oxygen atoms in total. The Morgan fingerprint density at radius 3 is 3.00 bits per heavy atom. The third kappa shape index (κ3) is 3.75. The molecule has 0 amide bonds. The Kier molecular flexibility index (Phi) is 4.38. The van der Waals surface area contributed by atoms with Crippen molar-refractivity contribution in [2.24, 2.45) is 0 Å². The van der Waals surface area contributed by atoms with Crippen molar-refractivity contribution in [2.75, 3.05) is 6.54 Å². The van der Waals surface area contributed by atoms with Gasteiger partial charge in [0, 0.05) is 44.4 Å². The summed E-state index contributed by atoms with van der Waals surface area (Å²) in [5.74, 6) is 0. The number of nitrogens with zero attached hydrogens (tertiary/aromatic N) is 3. The molecule has 2 heterocycles. The summed E-state index contributed by atoms with van der Waals surface area (Å²) in [4.78, 5) is 0. The van der Waals surface area contributed by atoms with Gasteiger partial charge in [0.05, 0.1) is 0 Å². The van der Waals surface area contributed by atoms with Crippen molar-refractivity contribution < 1.29 is 0 Å². The maximum absolute atomic E-state index is 4.17. The van der Waals surface area contributed by atoms with E-state index in [1.165, 1.54) is 5.56 Å². The Labute approximate surface area is 102 Å². The first-order valence-electron chi connectivity index (χ1n) is 6.21. The van der Waals surface area contributed by atoms with Crippen LogP contribution in [0.25, 0.3) is 0 Å². The Balaban J connectivity index is 1.60. The smallest absolute Gasteiger partial charge is 0.0489 e. The van der Waals surface area contributed by atoms with Crippen molar-refractivity contribution in [3.8, 4) is 0 Å². The summed E-state index contributed by atoms with van der Waals surface area (Å²) in [5, 5.41) is 7.62. The SMILES string of the molecule is CCn1ccc(CNCCCn2cccn2)c1. The third-order valence-electron chi connectivity index (χ3n) is 2.81. The number of nitrogens with one attached hydrogen (secondary N) is 1. The van der Waals surface area contributed by atoms with E-state index < -0.39 is 0 Å². The summed E-state index contributed by atoms with van der Waals surface area (Å²) in [6.07, 6.45) is 9.25. The highest BCUT2D eigenvalue weighted by atomic mass is 15.3. The quantitative estimate of drug-likeness (QED) is 0.740. The molecular weight excluding hydrogens is 212 g/mol. The standard InChI is InChI=1S/C13H20N4/c1-2-16-10-5-13(12-16)11-14-6-3-8-17-9-4-7-15-17/h4-5,7,9-10,12,14H,2-3,6,8,11H2,1H3. The Morgan fingerprint density at radius 1 is 1.35 bits per heavy atom. The fraction of sp³-hybridized carbons (Fsp3) is 0.462. The van der Waals surface area contributed by atoms with Gasteiger partial charge in [0.25, 0.3) is 0 Å². The van der Waals surface area contributed by atoms with Gasteiger partial charge in [-0.2, -0.15) is 5.10 Å². The van der Waals surface area contributed by atoms with Crippen LogP contribution in [0, 0.1) is 0 Å². The van der Waals surface area contributed by atoms with Crippen LogP contribution in [0.3, 0.4) is 0 Å². The van der Waals surface area contributed by atoms with E-state index in [-0.39, 0.29) is 0 Å². The Bertz CT molecular complexity index is 416. The molecular formula is C13H20N4. The second-order valence-electron chi connectivity index (χ2n) is 4.15. The zero-order chi connectivity index (χ0) is 11.9. The second-order valence-corrected chi connectivity index (χ2v) is 4.15. The molecule has 17 heavy (non-hydrogen) atoms. The molecule has 0 radical (unpaired) electrons. The van der Waals surface area contributed by atoms with Crippen molar-refractivity contribution >= 4 is 0 Å². The van der Waals surface area contributed by atoms with Gasteiger partial charge in [-0.25, -0.2) is 0 Å². The minimum Gasteiger partial charge on any atom is -0.354 e. The minimum atomic E-state index is 0.951. The molecule has 0 aromatic carbocycles. The molecule has 0 aliphatic rings. The van der Waals surface area contributed by atoms with Gasteiger partial charge in [0.15, 0.2) is 0 Å². The molecule has 4 heteroatoms. The van der Waals surface area contributed by atoms with Crippen LogP contribution >= 0.6 is 0 Å². The molecule has 1 N–H and O–H groups in total. The van der Waals surface area contributed by atoms with Gasteiger partial charge in [-0.1, -0.05) is 0 Å². The van der Waals surface area contributed by atoms with Gasteiger partial charge in [-0.3, -0.25) is 4.68 Å². The first-order valence-corrected chi connectivity index (χ1v) is 6.21. The van der Waals surface area contributed by atoms with E-state index >= 15 is 0 Å². The molecule has 2 rings (SSSR count). The lowest BCUT2D eigenvalue weighted by Crippen LogP contribution is -2.16. The van der Waals surface area contributed by atoms with Crippen LogP contribution in [-0.2, 0) is 19.6 Å². The number of rotatable bonds is 7. The van der Waals surface area contributed by atoms with Crippen LogP contribution in [0.5, 0.6) is 0 Å². The fourth-order valence-electron chi connectivity index (χ4n) is 1.82. The predicted octanol–water partition coefficient (Wildman–Crippen LogP) is 1.88. The van der Waals surface area contributed by atoms with Gasteiger partial charge in [0.1, 0.15) is 0 Å². The third-order valence-corrected chi connectivity index (χ3v) is 2.81. The van der Waals surface area contributed by atoms with Crippen LogP contribution in [0.2, 0.25) is 0 Å². The lowest BCUT2D eigenvalue weighted by molar-refractivity contribution is 0.543. The van der Waals surface area contributed by atoms with Crippen molar-refractivity contribution in [1.29, 1.82) is 0 Å². The van der Waals surface area contributed by atoms with Crippen molar-refractivity contribution in [3.05, 3.63) is 42.5 Å². The summed E-state index contributed by atoms with van der Waals surface area (Å²) in [6, 6.07) is 4.13. The van der Waals surface area contributed by atoms with Crippen LogP contribution in [0.4, 0.5) is 0 Å². The van der Waals surface area contributed by atoms with E-state index in [9.17, 15) is 0 Å². The van der Waals surface area contributed by atoms with Crippen LogP contribution in [-0.4, -0.2) is 20.9 Å². The van der Waals surface area contributed by atoms with Crippen molar-refractivity contribution in [2.45, 2.75) is 33.0 Å². The molecule has 2 aromatic rings. The topological polar surface area (TPSA) is 34.8 Å². The molecule has 0 atom stereocenters. The lowest BCUT2D eigenvalue weighted by Gasteiger charge is -2.03. The summed E-state index contributed by atoms with van der Waals surface area (Å²) in [5.41, 5.74) is 1.35. The molecule has 92 valence electrons. The maximum Gasteiger partial charge on any atom is 0.0489 e. The highest BCUT2D eigenvalue weighted by molar-refractivity contribution is 5.09. The zero-order valence-corrected chi connectivity index (χ0v) is 10.3. The van der Waals surface area contributed by atoms with Crippen LogP contribution < -0.4 is 5.32 Å². The fourth-order valence-corrected chi connectivity index (χ4v) is 1.82. The van der Waals surface area contributed by atoms with E-state index in [2.05, 4.69) is 40.4 Å². The van der Waals surface area contributed by atoms with Gasteiger partial charge >= 0.3 is 0 Å². The highest BCUT2D eigenvalue weighted by Crippen LogP contribution is 2.00. The largest absolute Gasteiger partial charge is 0.354 e.